The van der Waals surface area contributed by atoms with Crippen LogP contribution in [0.1, 0.15) is 46.8 Å². The van der Waals surface area contributed by atoms with E-state index in [9.17, 15) is 9.59 Å². The van der Waals surface area contributed by atoms with Gasteiger partial charge in [-0.2, -0.15) is 0 Å². The zero-order chi connectivity index (χ0) is 16.8. The van der Waals surface area contributed by atoms with Crippen molar-refractivity contribution in [3.05, 3.63) is 59.0 Å². The summed E-state index contributed by atoms with van der Waals surface area (Å²) in [4.78, 5) is 23.9. The van der Waals surface area contributed by atoms with Crippen LogP contribution in [-0.4, -0.2) is 18.4 Å². The normalized spacial score (nSPS) is 11.8. The largest absolute Gasteiger partial charge is 0.466 e. The first-order valence-corrected chi connectivity index (χ1v) is 7.67. The van der Waals surface area contributed by atoms with E-state index in [0.29, 0.717) is 17.1 Å². The number of furan rings is 1. The Labute approximate surface area is 136 Å². The summed E-state index contributed by atoms with van der Waals surface area (Å²) < 4.78 is 5.32. The van der Waals surface area contributed by atoms with E-state index in [1.165, 1.54) is 0 Å². The van der Waals surface area contributed by atoms with Crippen LogP contribution >= 0.6 is 0 Å². The summed E-state index contributed by atoms with van der Waals surface area (Å²) in [5.74, 6) is 0.967. The van der Waals surface area contributed by atoms with Gasteiger partial charge in [-0.05, 0) is 32.4 Å². The number of carbonyl (C=O) groups is 2. The molecule has 122 valence electrons. The van der Waals surface area contributed by atoms with Gasteiger partial charge >= 0.3 is 0 Å². The molecule has 1 unspecified atom stereocenters. The highest BCUT2D eigenvalue weighted by molar-refractivity contribution is 5.95. The molecule has 5 heteroatoms. The molecule has 0 bridgehead atoms. The molecule has 0 saturated carbocycles. The first-order chi connectivity index (χ1) is 11.0. The highest BCUT2D eigenvalue weighted by atomic mass is 16.3. The van der Waals surface area contributed by atoms with Gasteiger partial charge in [-0.1, -0.05) is 30.3 Å². The van der Waals surface area contributed by atoms with Gasteiger partial charge in [0.2, 0.25) is 5.91 Å². The van der Waals surface area contributed by atoms with Gasteiger partial charge in [-0.15, -0.1) is 0 Å². The number of rotatable bonds is 6. The van der Waals surface area contributed by atoms with Gasteiger partial charge in [0, 0.05) is 13.0 Å². The molecule has 2 rings (SSSR count). The quantitative estimate of drug-likeness (QED) is 0.861. The molecule has 2 aromatic rings. The lowest BCUT2D eigenvalue weighted by Gasteiger charge is -2.14. The fourth-order valence-electron chi connectivity index (χ4n) is 2.38. The minimum absolute atomic E-state index is 0.0573. The van der Waals surface area contributed by atoms with E-state index in [1.54, 1.807) is 19.9 Å². The van der Waals surface area contributed by atoms with Crippen molar-refractivity contribution in [2.45, 2.75) is 33.2 Å². The molecule has 0 saturated heterocycles. The molecule has 5 nitrogen and oxygen atoms in total. The zero-order valence-corrected chi connectivity index (χ0v) is 13.7. The summed E-state index contributed by atoms with van der Waals surface area (Å²) in [5, 5.41) is 5.65. The van der Waals surface area contributed by atoms with Crippen molar-refractivity contribution in [3.8, 4) is 0 Å². The van der Waals surface area contributed by atoms with Crippen molar-refractivity contribution in [1.82, 2.24) is 10.6 Å². The Hall–Kier alpha value is -2.56. The highest BCUT2D eigenvalue weighted by Gasteiger charge is 2.14. The average Bonchev–Trinajstić information content (AvgIpc) is 2.86. The second-order valence-corrected chi connectivity index (χ2v) is 5.53. The molecule has 2 N–H and O–H groups in total. The Morgan fingerprint density at radius 2 is 1.87 bits per heavy atom. The van der Waals surface area contributed by atoms with E-state index < -0.39 is 0 Å². The van der Waals surface area contributed by atoms with Gasteiger partial charge in [-0.3, -0.25) is 9.59 Å². The number of hydrogen-bond donors (Lipinski definition) is 2. The van der Waals surface area contributed by atoms with E-state index in [4.69, 9.17) is 4.42 Å². The van der Waals surface area contributed by atoms with Crippen molar-refractivity contribution >= 4 is 11.8 Å². The monoisotopic (exact) mass is 314 g/mol. The summed E-state index contributed by atoms with van der Waals surface area (Å²) in [5.41, 5.74) is 1.56. The standard InChI is InChI=1S/C18H22N2O3/c1-12-11-16(14(3)23-12)18(22)19-10-9-17(21)20-13(2)15-7-5-4-6-8-15/h4-8,11,13H,9-10H2,1-3H3,(H,19,22)(H,20,21). The first kappa shape index (κ1) is 16.8. The van der Waals surface area contributed by atoms with Gasteiger partial charge < -0.3 is 15.1 Å². The molecule has 0 aliphatic rings. The maximum atomic E-state index is 12.0. The van der Waals surface area contributed by atoms with E-state index in [0.717, 1.165) is 5.56 Å². The van der Waals surface area contributed by atoms with Gasteiger partial charge in [-0.25, -0.2) is 0 Å². The lowest BCUT2D eigenvalue weighted by molar-refractivity contribution is -0.121. The van der Waals surface area contributed by atoms with Gasteiger partial charge in [0.25, 0.3) is 5.91 Å². The number of aryl methyl sites for hydroxylation is 2. The average molecular weight is 314 g/mol. The maximum absolute atomic E-state index is 12.0. The second-order valence-electron chi connectivity index (χ2n) is 5.53. The smallest absolute Gasteiger partial charge is 0.254 e. The molecule has 1 aromatic heterocycles. The van der Waals surface area contributed by atoms with Gasteiger partial charge in [0.15, 0.2) is 0 Å². The summed E-state index contributed by atoms with van der Waals surface area (Å²) in [7, 11) is 0. The van der Waals surface area contributed by atoms with Gasteiger partial charge in [0.1, 0.15) is 11.5 Å². The predicted octanol–water partition coefficient (Wildman–Crippen LogP) is 2.89. The topological polar surface area (TPSA) is 71.3 Å². The molecule has 0 radical (unpaired) electrons. The fourth-order valence-corrected chi connectivity index (χ4v) is 2.38. The molecule has 0 spiro atoms. The van der Waals surface area contributed by atoms with Crippen LogP contribution in [0.15, 0.2) is 40.8 Å². The molecular weight excluding hydrogens is 292 g/mol. The fraction of sp³-hybridized carbons (Fsp3) is 0.333. The Morgan fingerprint density at radius 1 is 1.17 bits per heavy atom. The van der Waals surface area contributed by atoms with Crippen molar-refractivity contribution in [2.24, 2.45) is 0 Å². The van der Waals surface area contributed by atoms with Crippen LogP contribution in [0.5, 0.6) is 0 Å². The number of benzene rings is 1. The van der Waals surface area contributed by atoms with Crippen LogP contribution in [0, 0.1) is 13.8 Å². The second kappa shape index (κ2) is 7.63. The third-order valence-electron chi connectivity index (χ3n) is 3.60. The molecule has 0 aliphatic heterocycles. The Bertz CT molecular complexity index is 677. The Kier molecular flexibility index (Phi) is 5.57. The maximum Gasteiger partial charge on any atom is 0.254 e. The minimum atomic E-state index is -0.219. The number of nitrogens with one attached hydrogen (secondary N) is 2. The molecular formula is C18H22N2O3. The number of carbonyl (C=O) groups excluding carboxylic acids is 2. The van der Waals surface area contributed by atoms with E-state index in [2.05, 4.69) is 10.6 Å². The molecule has 2 amide bonds. The predicted molar refractivity (Wildman–Crippen MR) is 88.1 cm³/mol. The summed E-state index contributed by atoms with van der Waals surface area (Å²) >= 11 is 0. The van der Waals surface area contributed by atoms with Crippen LogP contribution in [-0.2, 0) is 4.79 Å². The molecule has 0 aliphatic carbocycles. The lowest BCUT2D eigenvalue weighted by Crippen LogP contribution is -2.32. The zero-order valence-electron chi connectivity index (χ0n) is 13.7. The van der Waals surface area contributed by atoms with Crippen LogP contribution in [0.2, 0.25) is 0 Å². The highest BCUT2D eigenvalue weighted by Crippen LogP contribution is 2.13. The summed E-state index contributed by atoms with van der Waals surface area (Å²) in [6.45, 7) is 5.76. The number of hydrogen-bond acceptors (Lipinski definition) is 3. The van der Waals surface area contributed by atoms with Crippen molar-refractivity contribution in [3.63, 3.8) is 0 Å². The van der Waals surface area contributed by atoms with Gasteiger partial charge in [0.05, 0.1) is 11.6 Å². The third kappa shape index (κ3) is 4.71. The van der Waals surface area contributed by atoms with Crippen molar-refractivity contribution < 1.29 is 14.0 Å². The first-order valence-electron chi connectivity index (χ1n) is 7.67. The van der Waals surface area contributed by atoms with E-state index in [-0.39, 0.29) is 30.8 Å². The van der Waals surface area contributed by atoms with E-state index in [1.807, 2.05) is 37.3 Å². The molecule has 23 heavy (non-hydrogen) atoms. The van der Waals surface area contributed by atoms with Crippen LogP contribution in [0.3, 0.4) is 0 Å². The Morgan fingerprint density at radius 3 is 2.48 bits per heavy atom. The van der Waals surface area contributed by atoms with Crippen molar-refractivity contribution in [1.29, 1.82) is 0 Å². The summed E-state index contributed by atoms with van der Waals surface area (Å²) in [6, 6.07) is 11.4. The molecule has 0 fully saturated rings. The van der Waals surface area contributed by atoms with Crippen LogP contribution in [0.25, 0.3) is 0 Å². The minimum Gasteiger partial charge on any atom is -0.466 e. The SMILES string of the molecule is Cc1cc(C(=O)NCCC(=O)NC(C)c2ccccc2)c(C)o1. The third-order valence-corrected chi connectivity index (χ3v) is 3.60. The van der Waals surface area contributed by atoms with Crippen LogP contribution in [0.4, 0.5) is 0 Å². The van der Waals surface area contributed by atoms with Crippen molar-refractivity contribution in [2.75, 3.05) is 6.54 Å². The molecule has 1 aromatic carbocycles. The number of amides is 2. The molecule has 1 heterocycles. The lowest BCUT2D eigenvalue weighted by atomic mass is 10.1. The summed E-state index contributed by atoms with van der Waals surface area (Å²) in [6.07, 6.45) is 0.235. The van der Waals surface area contributed by atoms with E-state index >= 15 is 0 Å². The van der Waals surface area contributed by atoms with Crippen LogP contribution < -0.4 is 10.6 Å². The Balaban J connectivity index is 1.76. The molecule has 1 atom stereocenters.